The molecule has 1 fully saturated rings. The number of carbonyl (C=O) groups is 2. The van der Waals surface area contributed by atoms with Gasteiger partial charge >= 0.3 is 5.97 Å². The van der Waals surface area contributed by atoms with Crippen molar-refractivity contribution in [2.24, 2.45) is 0 Å². The Morgan fingerprint density at radius 3 is 2.74 bits per heavy atom. The van der Waals surface area contributed by atoms with Crippen molar-refractivity contribution < 1.29 is 19.4 Å². The van der Waals surface area contributed by atoms with Crippen molar-refractivity contribution in [3.63, 3.8) is 0 Å². The Balaban J connectivity index is 2.06. The molecular formula is C13H16N2O4. The quantitative estimate of drug-likeness (QED) is 0.718. The second-order valence-electron chi connectivity index (χ2n) is 4.45. The average molecular weight is 264 g/mol. The zero-order chi connectivity index (χ0) is 13.8. The summed E-state index contributed by atoms with van der Waals surface area (Å²) in [5.74, 6) is -1.30. The highest BCUT2D eigenvalue weighted by Gasteiger charge is 2.22. The summed E-state index contributed by atoms with van der Waals surface area (Å²) in [6.07, 6.45) is 2.18. The number of amides is 1. The molecule has 6 nitrogen and oxygen atoms in total. The van der Waals surface area contributed by atoms with Gasteiger partial charge in [0.25, 0.3) is 5.91 Å². The summed E-state index contributed by atoms with van der Waals surface area (Å²) in [6.45, 7) is 0.589. The van der Waals surface area contributed by atoms with Crippen molar-refractivity contribution in [2.45, 2.75) is 25.4 Å². The number of nitrogens with two attached hydrogens (primary N) is 1. The Morgan fingerprint density at radius 2 is 2.16 bits per heavy atom. The summed E-state index contributed by atoms with van der Waals surface area (Å²) >= 11 is 0. The van der Waals surface area contributed by atoms with Gasteiger partial charge < -0.3 is 20.9 Å². The normalized spacial score (nSPS) is 18.8. The molecule has 1 saturated heterocycles. The molecule has 19 heavy (non-hydrogen) atoms. The lowest BCUT2D eigenvalue weighted by Gasteiger charge is -2.22. The molecule has 102 valence electrons. The number of nitrogens with one attached hydrogen (secondary N) is 1. The molecule has 1 aliphatic rings. The summed E-state index contributed by atoms with van der Waals surface area (Å²) in [4.78, 5) is 22.7. The summed E-state index contributed by atoms with van der Waals surface area (Å²) in [5, 5.41) is 11.5. The molecule has 1 aromatic rings. The molecule has 6 heteroatoms. The number of anilines is 2. The molecule has 1 unspecified atom stereocenters. The maximum Gasteiger partial charge on any atom is 0.335 e. The first-order chi connectivity index (χ1) is 9.08. The molecule has 0 bridgehead atoms. The van der Waals surface area contributed by atoms with Crippen LogP contribution in [0.25, 0.3) is 0 Å². The van der Waals surface area contributed by atoms with Crippen LogP contribution in [-0.4, -0.2) is 29.7 Å². The predicted octanol–water partition coefficient (Wildman–Crippen LogP) is 1.47. The fraction of sp³-hybridized carbons (Fsp3) is 0.385. The highest BCUT2D eigenvalue weighted by atomic mass is 16.5. The highest BCUT2D eigenvalue weighted by molar-refractivity contribution is 5.98. The van der Waals surface area contributed by atoms with Crippen molar-refractivity contribution in [2.75, 3.05) is 17.7 Å². The fourth-order valence-electron chi connectivity index (χ4n) is 1.97. The van der Waals surface area contributed by atoms with Crippen LogP contribution in [0.5, 0.6) is 0 Å². The van der Waals surface area contributed by atoms with E-state index in [1.807, 2.05) is 0 Å². The van der Waals surface area contributed by atoms with E-state index >= 15 is 0 Å². The fourth-order valence-corrected chi connectivity index (χ4v) is 1.97. The maximum atomic E-state index is 11.9. The Kier molecular flexibility index (Phi) is 4.01. The van der Waals surface area contributed by atoms with E-state index in [1.165, 1.54) is 18.2 Å². The first-order valence-corrected chi connectivity index (χ1v) is 6.13. The van der Waals surface area contributed by atoms with E-state index in [0.717, 1.165) is 12.8 Å². The zero-order valence-corrected chi connectivity index (χ0v) is 10.4. The predicted molar refractivity (Wildman–Crippen MR) is 70.0 cm³/mol. The second-order valence-corrected chi connectivity index (χ2v) is 4.45. The van der Waals surface area contributed by atoms with Gasteiger partial charge in [0.2, 0.25) is 0 Å². The van der Waals surface area contributed by atoms with Gasteiger partial charge in [-0.05, 0) is 37.5 Å². The molecule has 0 aliphatic carbocycles. The third-order valence-corrected chi connectivity index (χ3v) is 3.03. The molecule has 0 saturated carbocycles. The van der Waals surface area contributed by atoms with Crippen LogP contribution in [0.15, 0.2) is 18.2 Å². The Morgan fingerprint density at radius 1 is 1.37 bits per heavy atom. The maximum absolute atomic E-state index is 11.9. The third kappa shape index (κ3) is 3.23. The van der Waals surface area contributed by atoms with Crippen molar-refractivity contribution in [3.8, 4) is 0 Å². The average Bonchev–Trinajstić information content (AvgIpc) is 2.41. The van der Waals surface area contributed by atoms with Crippen LogP contribution in [0.1, 0.15) is 29.6 Å². The number of carboxylic acid groups (broad SMARTS) is 1. The molecule has 2 rings (SSSR count). The van der Waals surface area contributed by atoms with Gasteiger partial charge in [-0.1, -0.05) is 0 Å². The van der Waals surface area contributed by atoms with Gasteiger partial charge in [-0.15, -0.1) is 0 Å². The summed E-state index contributed by atoms with van der Waals surface area (Å²) < 4.78 is 5.37. The van der Waals surface area contributed by atoms with Gasteiger partial charge in [0.15, 0.2) is 0 Å². The first-order valence-electron chi connectivity index (χ1n) is 6.13. The van der Waals surface area contributed by atoms with Gasteiger partial charge in [0, 0.05) is 6.61 Å². The number of ether oxygens (including phenoxy) is 1. The molecular weight excluding hydrogens is 248 g/mol. The second kappa shape index (κ2) is 5.71. The number of carbonyl (C=O) groups excluding carboxylic acids is 1. The first kappa shape index (κ1) is 13.4. The van der Waals surface area contributed by atoms with E-state index in [1.54, 1.807) is 0 Å². The highest BCUT2D eigenvalue weighted by Crippen LogP contribution is 2.21. The molecule has 1 aromatic carbocycles. The summed E-state index contributed by atoms with van der Waals surface area (Å²) in [7, 11) is 0. The number of aromatic carboxylic acids is 1. The lowest BCUT2D eigenvalue weighted by Crippen LogP contribution is -2.33. The van der Waals surface area contributed by atoms with Gasteiger partial charge in [0.05, 0.1) is 16.9 Å². The summed E-state index contributed by atoms with van der Waals surface area (Å²) in [5.41, 5.74) is 6.44. The third-order valence-electron chi connectivity index (χ3n) is 3.03. The van der Waals surface area contributed by atoms with E-state index in [2.05, 4.69) is 5.32 Å². The van der Waals surface area contributed by atoms with Crippen molar-refractivity contribution in [3.05, 3.63) is 23.8 Å². The van der Waals surface area contributed by atoms with Crippen LogP contribution in [0.4, 0.5) is 11.4 Å². The zero-order valence-electron chi connectivity index (χ0n) is 10.4. The largest absolute Gasteiger partial charge is 0.478 e. The lowest BCUT2D eigenvalue weighted by molar-refractivity contribution is -0.129. The molecule has 0 radical (unpaired) electrons. The number of hydrogen-bond acceptors (Lipinski definition) is 4. The number of hydrogen-bond donors (Lipinski definition) is 3. The van der Waals surface area contributed by atoms with Crippen LogP contribution < -0.4 is 11.1 Å². The molecule has 1 heterocycles. The van der Waals surface area contributed by atoms with E-state index < -0.39 is 12.1 Å². The number of nitrogen functional groups attached to an aromatic ring is 1. The van der Waals surface area contributed by atoms with Crippen molar-refractivity contribution in [1.82, 2.24) is 0 Å². The van der Waals surface area contributed by atoms with Gasteiger partial charge in [-0.25, -0.2) is 4.79 Å². The minimum Gasteiger partial charge on any atom is -0.478 e. The van der Waals surface area contributed by atoms with Crippen LogP contribution >= 0.6 is 0 Å². The molecule has 4 N–H and O–H groups in total. The molecule has 0 aromatic heterocycles. The van der Waals surface area contributed by atoms with Gasteiger partial charge in [-0.3, -0.25) is 4.79 Å². The SMILES string of the molecule is Nc1cc(C(=O)O)ccc1NC(=O)C1CCCCO1. The van der Waals surface area contributed by atoms with Gasteiger partial charge in [-0.2, -0.15) is 0 Å². The molecule has 1 aliphatic heterocycles. The lowest BCUT2D eigenvalue weighted by atomic mass is 10.1. The number of carboxylic acids is 1. The van der Waals surface area contributed by atoms with Crippen LogP contribution in [0, 0.1) is 0 Å². The minimum absolute atomic E-state index is 0.0874. The minimum atomic E-state index is -1.06. The van der Waals surface area contributed by atoms with Crippen LogP contribution in [0.3, 0.4) is 0 Å². The van der Waals surface area contributed by atoms with E-state index in [9.17, 15) is 9.59 Å². The molecule has 1 atom stereocenters. The standard InChI is InChI=1S/C13H16N2O4/c14-9-7-8(13(17)18)4-5-10(9)15-12(16)11-3-1-2-6-19-11/h4-5,7,11H,1-3,6,14H2,(H,15,16)(H,17,18). The topological polar surface area (TPSA) is 102 Å². The Hall–Kier alpha value is -2.08. The summed E-state index contributed by atoms with van der Waals surface area (Å²) in [6, 6.07) is 4.20. The van der Waals surface area contributed by atoms with E-state index in [-0.39, 0.29) is 17.2 Å². The van der Waals surface area contributed by atoms with Crippen LogP contribution in [-0.2, 0) is 9.53 Å². The van der Waals surface area contributed by atoms with Crippen molar-refractivity contribution in [1.29, 1.82) is 0 Å². The number of rotatable bonds is 3. The Bertz CT molecular complexity index is 495. The molecule has 1 amide bonds. The smallest absolute Gasteiger partial charge is 0.335 e. The van der Waals surface area contributed by atoms with Crippen LogP contribution in [0.2, 0.25) is 0 Å². The van der Waals surface area contributed by atoms with Crippen molar-refractivity contribution >= 4 is 23.3 Å². The monoisotopic (exact) mass is 264 g/mol. The Labute approximate surface area is 110 Å². The molecule has 0 spiro atoms. The number of benzene rings is 1. The van der Waals surface area contributed by atoms with E-state index in [0.29, 0.717) is 18.7 Å². The van der Waals surface area contributed by atoms with E-state index in [4.69, 9.17) is 15.6 Å². The van der Waals surface area contributed by atoms with Gasteiger partial charge in [0.1, 0.15) is 6.10 Å².